The number of rotatable bonds is 3. The van der Waals surface area contributed by atoms with Crippen LogP contribution in [0.5, 0.6) is 23.0 Å². The van der Waals surface area contributed by atoms with Gasteiger partial charge in [0.2, 0.25) is 6.79 Å². The maximum Gasteiger partial charge on any atom is 0.231 e. The van der Waals surface area contributed by atoms with Crippen molar-refractivity contribution >= 4 is 0 Å². The van der Waals surface area contributed by atoms with Gasteiger partial charge in [-0.1, -0.05) is 6.07 Å². The summed E-state index contributed by atoms with van der Waals surface area (Å²) in [5.74, 6) is 2.56. The molecule has 0 spiro atoms. The number of fused-ring (bicyclic) bond motifs is 2. The summed E-state index contributed by atoms with van der Waals surface area (Å²) >= 11 is 0. The van der Waals surface area contributed by atoms with E-state index in [0.29, 0.717) is 19.9 Å². The number of phenols is 1. The summed E-state index contributed by atoms with van der Waals surface area (Å²) in [5.41, 5.74) is 2.21. The van der Waals surface area contributed by atoms with Crippen molar-refractivity contribution in [3.8, 4) is 23.0 Å². The molecule has 108 valence electrons. The minimum Gasteiger partial charge on any atom is -0.508 e. The van der Waals surface area contributed by atoms with E-state index >= 15 is 0 Å². The van der Waals surface area contributed by atoms with Crippen LogP contribution in [0.1, 0.15) is 17.2 Å². The van der Waals surface area contributed by atoms with Crippen molar-refractivity contribution in [2.24, 2.45) is 0 Å². The standard InChI is InChI=1S/C16H15NO4/c18-11-2-3-12-13(8-19-15(12)6-11)17-7-10-1-4-14-16(5-10)21-9-20-14/h1-6,13,17-18H,7-9H2. The van der Waals surface area contributed by atoms with Crippen LogP contribution in [0.25, 0.3) is 0 Å². The van der Waals surface area contributed by atoms with Gasteiger partial charge in [0, 0.05) is 18.2 Å². The van der Waals surface area contributed by atoms with Crippen LogP contribution in [0.15, 0.2) is 36.4 Å². The second kappa shape index (κ2) is 4.86. The van der Waals surface area contributed by atoms with E-state index in [0.717, 1.165) is 28.4 Å². The first kappa shape index (κ1) is 12.3. The summed E-state index contributed by atoms with van der Waals surface area (Å²) in [6.07, 6.45) is 0. The van der Waals surface area contributed by atoms with E-state index in [9.17, 15) is 5.11 Å². The van der Waals surface area contributed by atoms with E-state index in [1.54, 1.807) is 12.1 Å². The zero-order chi connectivity index (χ0) is 14.2. The van der Waals surface area contributed by atoms with Crippen molar-refractivity contribution in [1.82, 2.24) is 5.32 Å². The van der Waals surface area contributed by atoms with Crippen LogP contribution >= 0.6 is 0 Å². The molecule has 2 aromatic rings. The average molecular weight is 285 g/mol. The van der Waals surface area contributed by atoms with Gasteiger partial charge in [0.1, 0.15) is 18.1 Å². The number of aromatic hydroxyl groups is 1. The summed E-state index contributed by atoms with van der Waals surface area (Å²) in [7, 11) is 0. The van der Waals surface area contributed by atoms with Crippen molar-refractivity contribution in [3.63, 3.8) is 0 Å². The number of nitrogens with one attached hydrogen (secondary N) is 1. The third-order valence-electron chi connectivity index (χ3n) is 3.77. The Morgan fingerprint density at radius 2 is 1.90 bits per heavy atom. The molecule has 5 heteroatoms. The smallest absolute Gasteiger partial charge is 0.231 e. The molecule has 0 radical (unpaired) electrons. The number of ether oxygens (including phenoxy) is 3. The number of benzene rings is 2. The first-order valence-electron chi connectivity index (χ1n) is 6.87. The first-order chi connectivity index (χ1) is 10.3. The van der Waals surface area contributed by atoms with Crippen molar-refractivity contribution < 1.29 is 19.3 Å². The lowest BCUT2D eigenvalue weighted by Gasteiger charge is -2.12. The fraction of sp³-hybridized carbons (Fsp3) is 0.250. The van der Waals surface area contributed by atoms with Crippen LogP contribution in [-0.4, -0.2) is 18.5 Å². The zero-order valence-corrected chi connectivity index (χ0v) is 11.3. The molecule has 21 heavy (non-hydrogen) atoms. The van der Waals surface area contributed by atoms with Gasteiger partial charge >= 0.3 is 0 Å². The van der Waals surface area contributed by atoms with E-state index in [2.05, 4.69) is 5.32 Å². The molecule has 0 bridgehead atoms. The fourth-order valence-corrected chi connectivity index (χ4v) is 2.66. The van der Waals surface area contributed by atoms with Crippen molar-refractivity contribution in [2.75, 3.05) is 13.4 Å². The molecule has 0 saturated heterocycles. The highest BCUT2D eigenvalue weighted by atomic mass is 16.7. The maximum absolute atomic E-state index is 9.45. The van der Waals surface area contributed by atoms with Gasteiger partial charge in [-0.25, -0.2) is 0 Å². The Bertz CT molecular complexity index is 686. The second-order valence-electron chi connectivity index (χ2n) is 5.15. The second-order valence-corrected chi connectivity index (χ2v) is 5.15. The Hall–Kier alpha value is -2.40. The monoisotopic (exact) mass is 285 g/mol. The van der Waals surface area contributed by atoms with E-state index in [-0.39, 0.29) is 11.8 Å². The van der Waals surface area contributed by atoms with E-state index in [1.807, 2.05) is 24.3 Å². The minimum atomic E-state index is 0.131. The molecule has 2 aromatic carbocycles. The largest absolute Gasteiger partial charge is 0.508 e. The van der Waals surface area contributed by atoms with E-state index in [1.165, 1.54) is 0 Å². The van der Waals surface area contributed by atoms with Gasteiger partial charge in [-0.15, -0.1) is 0 Å². The van der Waals surface area contributed by atoms with Crippen LogP contribution in [0.4, 0.5) is 0 Å². The highest BCUT2D eigenvalue weighted by Crippen LogP contribution is 2.36. The molecule has 5 nitrogen and oxygen atoms in total. The Kier molecular flexibility index (Phi) is 2.86. The number of phenolic OH excluding ortho intramolecular Hbond substituents is 1. The molecular weight excluding hydrogens is 270 g/mol. The zero-order valence-electron chi connectivity index (χ0n) is 11.3. The van der Waals surface area contributed by atoms with Gasteiger partial charge in [-0.2, -0.15) is 0 Å². The third-order valence-corrected chi connectivity index (χ3v) is 3.77. The molecular formula is C16H15NO4. The van der Waals surface area contributed by atoms with Gasteiger partial charge in [0.15, 0.2) is 11.5 Å². The predicted molar refractivity (Wildman–Crippen MR) is 75.7 cm³/mol. The summed E-state index contributed by atoms with van der Waals surface area (Å²) in [4.78, 5) is 0. The van der Waals surface area contributed by atoms with Gasteiger partial charge in [0.05, 0.1) is 6.04 Å². The molecule has 0 aromatic heterocycles. The molecule has 2 aliphatic rings. The van der Waals surface area contributed by atoms with Crippen LogP contribution in [0.3, 0.4) is 0 Å². The lowest BCUT2D eigenvalue weighted by atomic mass is 10.1. The van der Waals surface area contributed by atoms with Gasteiger partial charge in [-0.05, 0) is 29.8 Å². The van der Waals surface area contributed by atoms with Gasteiger partial charge in [-0.3, -0.25) is 0 Å². The van der Waals surface area contributed by atoms with Crippen LogP contribution in [-0.2, 0) is 6.54 Å². The van der Waals surface area contributed by atoms with E-state index in [4.69, 9.17) is 14.2 Å². The maximum atomic E-state index is 9.45. The Morgan fingerprint density at radius 3 is 2.86 bits per heavy atom. The molecule has 1 unspecified atom stereocenters. The topological polar surface area (TPSA) is 60.0 Å². The lowest BCUT2D eigenvalue weighted by molar-refractivity contribution is 0.174. The highest BCUT2D eigenvalue weighted by Gasteiger charge is 2.24. The first-order valence-corrected chi connectivity index (χ1v) is 6.87. The van der Waals surface area contributed by atoms with Gasteiger partial charge < -0.3 is 24.6 Å². The molecule has 0 aliphatic carbocycles. The third kappa shape index (κ3) is 2.25. The Balaban J connectivity index is 1.46. The van der Waals surface area contributed by atoms with Crippen molar-refractivity contribution in [1.29, 1.82) is 0 Å². The quantitative estimate of drug-likeness (QED) is 0.906. The van der Waals surface area contributed by atoms with Crippen LogP contribution in [0.2, 0.25) is 0 Å². The summed E-state index contributed by atoms with van der Waals surface area (Å²) in [6, 6.07) is 11.3. The molecule has 2 heterocycles. The molecule has 2 N–H and O–H groups in total. The van der Waals surface area contributed by atoms with Crippen molar-refractivity contribution in [3.05, 3.63) is 47.5 Å². The summed E-state index contributed by atoms with van der Waals surface area (Å²) in [6.45, 7) is 1.58. The molecule has 1 atom stereocenters. The summed E-state index contributed by atoms with van der Waals surface area (Å²) in [5, 5.41) is 12.9. The molecule has 0 fully saturated rings. The van der Waals surface area contributed by atoms with Crippen LogP contribution in [0, 0.1) is 0 Å². The number of hydrogen-bond donors (Lipinski definition) is 2. The highest BCUT2D eigenvalue weighted by molar-refractivity contribution is 5.46. The van der Waals surface area contributed by atoms with E-state index < -0.39 is 0 Å². The normalized spacial score (nSPS) is 18.4. The molecule has 0 saturated carbocycles. The molecule has 4 rings (SSSR count). The Morgan fingerprint density at radius 1 is 1.00 bits per heavy atom. The number of hydrogen-bond acceptors (Lipinski definition) is 5. The average Bonchev–Trinajstić information content (AvgIpc) is 3.10. The summed E-state index contributed by atoms with van der Waals surface area (Å²) < 4.78 is 16.3. The fourth-order valence-electron chi connectivity index (χ4n) is 2.66. The predicted octanol–water partition coefficient (Wildman–Crippen LogP) is 2.34. The Labute approximate surface area is 122 Å². The molecule has 0 amide bonds. The lowest BCUT2D eigenvalue weighted by Crippen LogP contribution is -2.21. The van der Waals surface area contributed by atoms with Gasteiger partial charge in [0.25, 0.3) is 0 Å². The van der Waals surface area contributed by atoms with Crippen molar-refractivity contribution in [2.45, 2.75) is 12.6 Å². The van der Waals surface area contributed by atoms with Crippen LogP contribution < -0.4 is 19.5 Å². The SMILES string of the molecule is Oc1ccc2c(c1)OCC2NCc1ccc2c(c1)OCO2. The minimum absolute atomic E-state index is 0.131. The molecule has 2 aliphatic heterocycles.